The van der Waals surface area contributed by atoms with E-state index in [0.29, 0.717) is 23.8 Å². The van der Waals surface area contributed by atoms with Crippen LogP contribution < -0.4 is 0 Å². The molecule has 0 bridgehead atoms. The first-order chi connectivity index (χ1) is 9.15. The Hall–Kier alpha value is -1.71. The summed E-state index contributed by atoms with van der Waals surface area (Å²) in [5.41, 5.74) is 2.49. The summed E-state index contributed by atoms with van der Waals surface area (Å²) in [4.78, 5) is 12.3. The van der Waals surface area contributed by atoms with Crippen LogP contribution in [0.5, 0.6) is 0 Å². The predicted molar refractivity (Wildman–Crippen MR) is 69.8 cm³/mol. The molecule has 0 spiro atoms. The molecule has 0 saturated carbocycles. The third-order valence-electron chi connectivity index (χ3n) is 3.16. The van der Waals surface area contributed by atoms with Gasteiger partial charge in [0.25, 0.3) is 0 Å². The van der Waals surface area contributed by atoms with Crippen molar-refractivity contribution in [3.05, 3.63) is 69.5 Å². The fourth-order valence-electron chi connectivity index (χ4n) is 2.14. The van der Waals surface area contributed by atoms with E-state index < -0.39 is 5.82 Å². The number of ether oxygens (including phenoxy) is 1. The molecule has 0 aliphatic carbocycles. The molecule has 0 radical (unpaired) electrons. The molecule has 1 aliphatic heterocycles. The number of fused-ring (bicyclic) bond motifs is 1. The van der Waals surface area contributed by atoms with Crippen molar-refractivity contribution >= 4 is 17.4 Å². The van der Waals surface area contributed by atoms with Gasteiger partial charge >= 0.3 is 0 Å². The smallest absolute Gasteiger partial charge is 0.196 e. The van der Waals surface area contributed by atoms with Gasteiger partial charge in [0.05, 0.1) is 18.8 Å². The summed E-state index contributed by atoms with van der Waals surface area (Å²) in [6.45, 7) is 1.06. The van der Waals surface area contributed by atoms with E-state index in [1.807, 2.05) is 6.07 Å². The van der Waals surface area contributed by atoms with Crippen LogP contribution in [0.1, 0.15) is 27.0 Å². The van der Waals surface area contributed by atoms with E-state index in [1.54, 1.807) is 12.1 Å². The summed E-state index contributed by atoms with van der Waals surface area (Å²) >= 11 is 5.80. The van der Waals surface area contributed by atoms with Crippen LogP contribution in [0.4, 0.5) is 4.39 Å². The summed E-state index contributed by atoms with van der Waals surface area (Å²) < 4.78 is 19.0. The topological polar surface area (TPSA) is 26.3 Å². The van der Waals surface area contributed by atoms with Crippen LogP contribution in [0.25, 0.3) is 0 Å². The molecule has 0 saturated heterocycles. The van der Waals surface area contributed by atoms with Crippen molar-refractivity contribution in [2.45, 2.75) is 13.2 Å². The maximum Gasteiger partial charge on any atom is 0.196 e. The molecular weight excluding hydrogens is 267 g/mol. The van der Waals surface area contributed by atoms with Crippen molar-refractivity contribution in [2.24, 2.45) is 0 Å². The molecule has 2 aromatic carbocycles. The molecule has 2 nitrogen and oxygen atoms in total. The lowest BCUT2D eigenvalue weighted by Crippen LogP contribution is -2.05. The van der Waals surface area contributed by atoms with Crippen molar-refractivity contribution < 1.29 is 13.9 Å². The number of ketones is 1. The summed E-state index contributed by atoms with van der Waals surface area (Å²) in [5.74, 6) is -0.930. The summed E-state index contributed by atoms with van der Waals surface area (Å²) in [6.07, 6.45) is 0. The van der Waals surface area contributed by atoms with Gasteiger partial charge in [0, 0.05) is 10.6 Å². The van der Waals surface area contributed by atoms with E-state index in [0.717, 1.165) is 11.1 Å². The first kappa shape index (κ1) is 12.3. The first-order valence-corrected chi connectivity index (χ1v) is 6.22. The van der Waals surface area contributed by atoms with Crippen molar-refractivity contribution in [1.82, 2.24) is 0 Å². The summed E-state index contributed by atoms with van der Waals surface area (Å²) in [7, 11) is 0. The van der Waals surface area contributed by atoms with Crippen molar-refractivity contribution in [3.63, 3.8) is 0 Å². The van der Waals surface area contributed by atoms with E-state index in [2.05, 4.69) is 0 Å². The SMILES string of the molecule is O=C(c1ccc2c(c1)COC2)c1cc(Cl)ccc1F. The highest BCUT2D eigenvalue weighted by molar-refractivity contribution is 6.31. The van der Waals surface area contributed by atoms with Crippen LogP contribution in [0.2, 0.25) is 5.02 Å². The zero-order chi connectivity index (χ0) is 13.4. The lowest BCUT2D eigenvalue weighted by Gasteiger charge is -2.05. The van der Waals surface area contributed by atoms with E-state index >= 15 is 0 Å². The Bertz CT molecular complexity index is 667. The molecule has 0 unspecified atom stereocenters. The van der Waals surface area contributed by atoms with Gasteiger partial charge in [-0.05, 0) is 35.4 Å². The maximum atomic E-state index is 13.7. The maximum absolute atomic E-state index is 13.7. The molecule has 1 heterocycles. The van der Waals surface area contributed by atoms with Gasteiger partial charge in [-0.3, -0.25) is 4.79 Å². The average molecular weight is 277 g/mol. The number of carbonyl (C=O) groups is 1. The Labute approximate surface area is 114 Å². The second-order valence-corrected chi connectivity index (χ2v) is 4.87. The minimum atomic E-state index is -0.564. The van der Waals surface area contributed by atoms with Crippen molar-refractivity contribution in [2.75, 3.05) is 0 Å². The fourth-order valence-corrected chi connectivity index (χ4v) is 2.31. The third kappa shape index (κ3) is 2.27. The monoisotopic (exact) mass is 276 g/mol. The van der Waals surface area contributed by atoms with Crippen LogP contribution in [-0.4, -0.2) is 5.78 Å². The molecule has 0 atom stereocenters. The highest BCUT2D eigenvalue weighted by Crippen LogP contribution is 2.24. The molecule has 0 amide bonds. The van der Waals surface area contributed by atoms with Crippen LogP contribution >= 0.6 is 11.6 Å². The first-order valence-electron chi connectivity index (χ1n) is 5.84. The predicted octanol–water partition coefficient (Wildman–Crippen LogP) is 3.74. The Morgan fingerprint density at radius 2 is 1.89 bits per heavy atom. The second kappa shape index (κ2) is 4.76. The number of hydrogen-bond acceptors (Lipinski definition) is 2. The molecule has 2 aromatic rings. The fraction of sp³-hybridized carbons (Fsp3) is 0.133. The van der Waals surface area contributed by atoms with Gasteiger partial charge in [-0.15, -0.1) is 0 Å². The Morgan fingerprint density at radius 1 is 1.11 bits per heavy atom. The molecule has 0 fully saturated rings. The summed E-state index contributed by atoms with van der Waals surface area (Å²) in [6, 6.07) is 9.26. The van der Waals surface area contributed by atoms with Gasteiger partial charge in [-0.25, -0.2) is 4.39 Å². The van der Waals surface area contributed by atoms with Gasteiger partial charge in [-0.2, -0.15) is 0 Å². The lowest BCUT2D eigenvalue weighted by molar-refractivity contribution is 0.103. The van der Waals surface area contributed by atoms with Crippen molar-refractivity contribution in [3.8, 4) is 0 Å². The van der Waals surface area contributed by atoms with E-state index in [-0.39, 0.29) is 11.3 Å². The Balaban J connectivity index is 2.02. The molecule has 96 valence electrons. The third-order valence-corrected chi connectivity index (χ3v) is 3.39. The van der Waals surface area contributed by atoms with Gasteiger partial charge in [0.15, 0.2) is 5.78 Å². The average Bonchev–Trinajstić information content (AvgIpc) is 2.88. The highest BCUT2D eigenvalue weighted by Gasteiger charge is 2.18. The number of carbonyl (C=O) groups excluding carboxylic acids is 1. The minimum Gasteiger partial charge on any atom is -0.372 e. The Morgan fingerprint density at radius 3 is 2.74 bits per heavy atom. The van der Waals surface area contributed by atoms with Crippen LogP contribution in [-0.2, 0) is 18.0 Å². The Kier molecular flexibility index (Phi) is 3.09. The lowest BCUT2D eigenvalue weighted by atomic mass is 9.99. The molecule has 3 rings (SSSR count). The zero-order valence-corrected chi connectivity index (χ0v) is 10.7. The molecular formula is C15H10ClFO2. The van der Waals surface area contributed by atoms with Gasteiger partial charge in [0.1, 0.15) is 5.82 Å². The number of hydrogen-bond donors (Lipinski definition) is 0. The minimum absolute atomic E-state index is 0.00800. The van der Waals surface area contributed by atoms with Crippen molar-refractivity contribution in [1.29, 1.82) is 0 Å². The number of halogens is 2. The molecule has 4 heteroatoms. The summed E-state index contributed by atoms with van der Waals surface area (Å²) in [5, 5.41) is 0.342. The molecule has 0 aromatic heterocycles. The van der Waals surface area contributed by atoms with Crippen LogP contribution in [0.3, 0.4) is 0 Å². The van der Waals surface area contributed by atoms with Gasteiger partial charge < -0.3 is 4.74 Å². The zero-order valence-electron chi connectivity index (χ0n) is 9.95. The number of rotatable bonds is 2. The quantitative estimate of drug-likeness (QED) is 0.781. The largest absolute Gasteiger partial charge is 0.372 e. The molecule has 0 N–H and O–H groups in total. The van der Waals surface area contributed by atoms with Gasteiger partial charge in [-0.1, -0.05) is 23.7 Å². The standard InChI is InChI=1S/C15H10ClFO2/c16-12-3-4-14(17)13(6-12)15(18)9-1-2-10-7-19-8-11(10)5-9/h1-6H,7-8H2. The van der Waals surface area contributed by atoms with Crippen LogP contribution in [0.15, 0.2) is 36.4 Å². The van der Waals surface area contributed by atoms with Gasteiger partial charge in [0.2, 0.25) is 0 Å². The van der Waals surface area contributed by atoms with Crippen LogP contribution in [0, 0.1) is 5.82 Å². The number of benzene rings is 2. The van der Waals surface area contributed by atoms with E-state index in [4.69, 9.17) is 16.3 Å². The normalized spacial score (nSPS) is 13.4. The second-order valence-electron chi connectivity index (χ2n) is 4.43. The molecule has 1 aliphatic rings. The van der Waals surface area contributed by atoms with E-state index in [1.165, 1.54) is 18.2 Å². The highest BCUT2D eigenvalue weighted by atomic mass is 35.5. The molecule has 19 heavy (non-hydrogen) atoms. The van der Waals surface area contributed by atoms with E-state index in [9.17, 15) is 9.18 Å².